The molecule has 4 N–H and O–H groups in total. The van der Waals surface area contributed by atoms with Gasteiger partial charge < -0.3 is 34.9 Å². The van der Waals surface area contributed by atoms with Crippen molar-refractivity contribution in [2.75, 3.05) is 26.8 Å². The molecule has 10 nitrogen and oxygen atoms in total. The molecule has 3 aromatic rings. The Balaban J connectivity index is 1.52. The lowest BCUT2D eigenvalue weighted by molar-refractivity contribution is -0.137. The lowest BCUT2D eigenvalue weighted by atomic mass is 9.77. The molecule has 4 atom stereocenters. The topological polar surface area (TPSA) is 141 Å². The van der Waals surface area contributed by atoms with Crippen molar-refractivity contribution in [1.82, 2.24) is 15.2 Å². The van der Waals surface area contributed by atoms with Crippen LogP contribution < -0.4 is 14.8 Å². The summed E-state index contributed by atoms with van der Waals surface area (Å²) in [6.07, 6.45) is 5.08. The predicted octanol–water partition coefficient (Wildman–Crippen LogP) is 3.43. The Labute approximate surface area is 256 Å². The maximum Gasteiger partial charge on any atom is 0.247 e. The van der Waals surface area contributed by atoms with Crippen LogP contribution in [0.4, 0.5) is 0 Å². The van der Waals surface area contributed by atoms with E-state index in [2.05, 4.69) is 16.9 Å². The zero-order valence-electron chi connectivity index (χ0n) is 24.8. The van der Waals surface area contributed by atoms with E-state index < -0.39 is 30.1 Å². The molecule has 0 saturated heterocycles. The summed E-state index contributed by atoms with van der Waals surface area (Å²) in [6.45, 7) is 3.82. The second kappa shape index (κ2) is 13.9. The van der Waals surface area contributed by atoms with Crippen LogP contribution in [-0.2, 0) is 16.0 Å². The predicted molar refractivity (Wildman–Crippen MR) is 166 cm³/mol. The molecule has 0 saturated carbocycles. The van der Waals surface area contributed by atoms with E-state index in [4.69, 9.17) is 9.47 Å². The molecule has 232 valence electrons. The fourth-order valence-electron chi connectivity index (χ4n) is 6.22. The van der Waals surface area contributed by atoms with E-state index in [1.54, 1.807) is 23.1 Å². The number of carbonyl (C=O) groups is 3. The average molecular weight is 602 g/mol. The van der Waals surface area contributed by atoms with Gasteiger partial charge in [0.1, 0.15) is 18.5 Å². The zero-order chi connectivity index (χ0) is 31.2. The van der Waals surface area contributed by atoms with Crippen molar-refractivity contribution in [3.8, 4) is 11.5 Å². The molecule has 0 bridgehead atoms. The summed E-state index contributed by atoms with van der Waals surface area (Å²) < 4.78 is 11.8. The Morgan fingerprint density at radius 2 is 2.02 bits per heavy atom. The molecule has 44 heavy (non-hydrogen) atoms. The summed E-state index contributed by atoms with van der Waals surface area (Å²) in [5.74, 6) is -0.662. The van der Waals surface area contributed by atoms with Crippen LogP contribution in [0.3, 0.4) is 0 Å². The molecule has 5 rings (SSSR count). The number of rotatable bonds is 14. The number of aromatic nitrogens is 1. The first-order chi connectivity index (χ1) is 21.4. The third-order valence-corrected chi connectivity index (χ3v) is 8.35. The second-order valence-corrected chi connectivity index (χ2v) is 11.2. The van der Waals surface area contributed by atoms with E-state index in [0.717, 1.165) is 29.4 Å². The van der Waals surface area contributed by atoms with Gasteiger partial charge in [-0.3, -0.25) is 14.4 Å². The molecule has 2 aliphatic rings. The first kappa shape index (κ1) is 31.0. The van der Waals surface area contributed by atoms with Crippen LogP contribution in [0.25, 0.3) is 10.9 Å². The van der Waals surface area contributed by atoms with Gasteiger partial charge >= 0.3 is 0 Å². The quantitative estimate of drug-likeness (QED) is 0.126. The van der Waals surface area contributed by atoms with Gasteiger partial charge in [-0.2, -0.15) is 0 Å². The molecule has 2 amide bonds. The number of allylic oxidation sites excluding steroid dienone is 1. The standard InChI is InChI=1S/C34H39N3O7/c1-3-4-5-6-11-29(40)37(14-12-23-18-22-9-7-8-10-26(22)36-23)27-19-25(34(42)35-13-15-38)30-24-16-21(20-39)17-28(43-2)32(24)44-33(30)31(27)41/h3,7-10,16-20,27,30-31,33,36,38,41H,1,4-6,11-15H2,2H3,(H,35,42). The maximum absolute atomic E-state index is 13.8. The van der Waals surface area contributed by atoms with E-state index in [1.165, 1.54) is 7.11 Å². The van der Waals surface area contributed by atoms with Gasteiger partial charge in [0.05, 0.1) is 25.7 Å². The van der Waals surface area contributed by atoms with E-state index in [-0.39, 0.29) is 31.1 Å². The lowest BCUT2D eigenvalue weighted by Gasteiger charge is -2.40. The van der Waals surface area contributed by atoms with Gasteiger partial charge in [-0.25, -0.2) is 0 Å². The summed E-state index contributed by atoms with van der Waals surface area (Å²) in [5.41, 5.74) is 3.11. The largest absolute Gasteiger partial charge is 0.493 e. The summed E-state index contributed by atoms with van der Waals surface area (Å²) >= 11 is 0. The van der Waals surface area contributed by atoms with Crippen molar-refractivity contribution in [1.29, 1.82) is 0 Å². The molecule has 2 aromatic carbocycles. The number of amides is 2. The lowest BCUT2D eigenvalue weighted by Crippen LogP contribution is -2.56. The molecule has 0 spiro atoms. The SMILES string of the molecule is C=CCCCCC(=O)N(CCc1cc2ccccc2[nH]1)C1C=C(C(=O)NCCO)C2c3cc(C=O)cc(OC)c3OC2C1O. The number of aliphatic hydroxyl groups excluding tert-OH is 2. The maximum atomic E-state index is 13.8. The number of nitrogens with one attached hydrogen (secondary N) is 2. The summed E-state index contributed by atoms with van der Waals surface area (Å²) in [4.78, 5) is 44.1. The first-order valence-corrected chi connectivity index (χ1v) is 15.0. The highest BCUT2D eigenvalue weighted by molar-refractivity contribution is 5.96. The number of ether oxygens (including phenoxy) is 2. The van der Waals surface area contributed by atoms with Gasteiger partial charge in [0, 0.05) is 53.8 Å². The first-order valence-electron chi connectivity index (χ1n) is 15.0. The molecule has 0 radical (unpaired) electrons. The number of hydrogen-bond donors (Lipinski definition) is 4. The number of nitrogens with zero attached hydrogens (tertiary/aromatic N) is 1. The van der Waals surface area contributed by atoms with Gasteiger partial charge in [-0.05, 0) is 55.0 Å². The number of fused-ring (bicyclic) bond motifs is 4. The Morgan fingerprint density at radius 3 is 2.75 bits per heavy atom. The zero-order valence-corrected chi connectivity index (χ0v) is 24.8. The van der Waals surface area contributed by atoms with Crippen LogP contribution in [0.15, 0.2) is 66.8 Å². The Kier molecular flexibility index (Phi) is 9.82. The Morgan fingerprint density at radius 1 is 1.20 bits per heavy atom. The minimum atomic E-state index is -1.19. The van der Waals surface area contributed by atoms with Crippen LogP contribution in [0.1, 0.15) is 53.2 Å². The molecule has 2 heterocycles. The van der Waals surface area contributed by atoms with Crippen LogP contribution in [-0.4, -0.2) is 83.3 Å². The summed E-state index contributed by atoms with van der Waals surface area (Å²) in [7, 11) is 1.45. The number of H-pyrrole nitrogens is 1. The van der Waals surface area contributed by atoms with Crippen molar-refractivity contribution >= 4 is 29.0 Å². The highest BCUT2D eigenvalue weighted by Crippen LogP contribution is 2.51. The number of aldehydes is 1. The van der Waals surface area contributed by atoms with Crippen LogP contribution in [0.2, 0.25) is 0 Å². The van der Waals surface area contributed by atoms with Gasteiger partial charge in [-0.1, -0.05) is 24.3 Å². The van der Waals surface area contributed by atoms with Crippen molar-refractivity contribution in [3.05, 3.63) is 83.6 Å². The molecule has 0 fully saturated rings. The van der Waals surface area contributed by atoms with E-state index in [1.807, 2.05) is 36.4 Å². The number of unbranched alkanes of at least 4 members (excludes halogenated alkanes) is 2. The third-order valence-electron chi connectivity index (χ3n) is 8.35. The van der Waals surface area contributed by atoms with Gasteiger partial charge in [0.25, 0.3) is 0 Å². The molecule has 1 aromatic heterocycles. The highest BCUT2D eigenvalue weighted by atomic mass is 16.5. The Hall–Kier alpha value is -4.41. The summed E-state index contributed by atoms with van der Waals surface area (Å²) in [5, 5.41) is 25.0. The smallest absolute Gasteiger partial charge is 0.247 e. The van der Waals surface area contributed by atoms with E-state index >= 15 is 0 Å². The van der Waals surface area contributed by atoms with Crippen LogP contribution >= 0.6 is 0 Å². The van der Waals surface area contributed by atoms with Crippen molar-refractivity contribution in [2.24, 2.45) is 0 Å². The van der Waals surface area contributed by atoms with Crippen molar-refractivity contribution in [2.45, 2.75) is 56.3 Å². The number of carbonyl (C=O) groups excluding carboxylic acids is 3. The number of aliphatic hydroxyl groups is 2. The van der Waals surface area contributed by atoms with Gasteiger partial charge in [0.2, 0.25) is 11.8 Å². The van der Waals surface area contributed by atoms with E-state index in [9.17, 15) is 24.6 Å². The number of methoxy groups -OCH3 is 1. The molecule has 10 heteroatoms. The second-order valence-electron chi connectivity index (χ2n) is 11.2. The summed E-state index contributed by atoms with van der Waals surface area (Å²) in [6, 6.07) is 12.3. The van der Waals surface area contributed by atoms with Gasteiger partial charge in [0.15, 0.2) is 11.5 Å². The van der Waals surface area contributed by atoms with E-state index in [0.29, 0.717) is 48.3 Å². The fraction of sp³-hybridized carbons (Fsp3) is 0.382. The molecule has 4 unspecified atom stereocenters. The fourth-order valence-corrected chi connectivity index (χ4v) is 6.22. The van der Waals surface area contributed by atoms with Crippen LogP contribution in [0.5, 0.6) is 11.5 Å². The Bertz CT molecular complexity index is 1530. The minimum Gasteiger partial charge on any atom is -0.493 e. The number of para-hydroxylation sites is 1. The average Bonchev–Trinajstić information content (AvgIpc) is 3.64. The highest BCUT2D eigenvalue weighted by Gasteiger charge is 2.51. The number of hydrogen-bond acceptors (Lipinski definition) is 7. The van der Waals surface area contributed by atoms with Gasteiger partial charge in [-0.15, -0.1) is 6.58 Å². The molecular formula is C34H39N3O7. The molecule has 1 aliphatic carbocycles. The van der Waals surface area contributed by atoms with Crippen molar-refractivity contribution in [3.63, 3.8) is 0 Å². The number of benzene rings is 2. The molecule has 1 aliphatic heterocycles. The van der Waals surface area contributed by atoms with Crippen LogP contribution in [0, 0.1) is 0 Å². The molecular weight excluding hydrogens is 562 g/mol. The number of aromatic amines is 1. The minimum absolute atomic E-state index is 0.0263. The normalized spacial score (nSPS) is 20.2. The van der Waals surface area contributed by atoms with Crippen molar-refractivity contribution < 1.29 is 34.1 Å². The third kappa shape index (κ3) is 6.27. The monoisotopic (exact) mass is 601 g/mol.